The van der Waals surface area contributed by atoms with Crippen LogP contribution in [0.25, 0.3) is 0 Å². The lowest BCUT2D eigenvalue weighted by atomic mass is 9.79. The molecular formula is C22H19ClN2O4S. The zero-order valence-electron chi connectivity index (χ0n) is 16.0. The van der Waals surface area contributed by atoms with E-state index in [0.717, 1.165) is 18.4 Å². The van der Waals surface area contributed by atoms with Crippen molar-refractivity contribution in [2.24, 2.45) is 0 Å². The van der Waals surface area contributed by atoms with E-state index in [1.54, 1.807) is 30.6 Å². The van der Waals surface area contributed by atoms with Gasteiger partial charge in [-0.15, -0.1) is 0 Å². The number of esters is 1. The lowest BCUT2D eigenvalue weighted by Crippen LogP contribution is -2.37. The first-order valence-electron chi connectivity index (χ1n) is 9.57. The molecule has 1 aliphatic carbocycles. The van der Waals surface area contributed by atoms with Crippen molar-refractivity contribution in [1.29, 1.82) is 0 Å². The van der Waals surface area contributed by atoms with Crippen molar-refractivity contribution < 1.29 is 13.9 Å². The van der Waals surface area contributed by atoms with E-state index in [1.807, 2.05) is 12.1 Å². The van der Waals surface area contributed by atoms with Crippen molar-refractivity contribution in [3.05, 3.63) is 81.6 Å². The highest BCUT2D eigenvalue weighted by molar-refractivity contribution is 7.98. The molecule has 2 heterocycles. The Morgan fingerprint density at radius 3 is 2.53 bits per heavy atom. The number of rotatable bonds is 6. The molecule has 6 nitrogen and oxygen atoms in total. The van der Waals surface area contributed by atoms with E-state index < -0.39 is 16.8 Å². The SMILES string of the molecule is O=C(Oc1coc(CSc2ncccn2)cc1=O)C1(c2ccc(Cl)cc2)CCCC1. The van der Waals surface area contributed by atoms with Gasteiger partial charge in [0.05, 0.1) is 11.2 Å². The van der Waals surface area contributed by atoms with Crippen molar-refractivity contribution in [3.63, 3.8) is 0 Å². The zero-order chi connectivity index (χ0) is 21.0. The Morgan fingerprint density at radius 1 is 1.17 bits per heavy atom. The molecule has 0 N–H and O–H groups in total. The predicted molar refractivity (Wildman–Crippen MR) is 114 cm³/mol. The number of ether oxygens (including phenoxy) is 1. The summed E-state index contributed by atoms with van der Waals surface area (Å²) in [5.41, 5.74) is -0.311. The fourth-order valence-electron chi connectivity index (χ4n) is 3.64. The fraction of sp³-hybridized carbons (Fsp3) is 0.273. The van der Waals surface area contributed by atoms with Crippen LogP contribution in [0, 0.1) is 0 Å². The number of halogens is 1. The second-order valence-corrected chi connectivity index (χ2v) is 8.46. The van der Waals surface area contributed by atoms with E-state index in [-0.39, 0.29) is 5.75 Å². The van der Waals surface area contributed by atoms with Gasteiger partial charge in [0.1, 0.15) is 12.0 Å². The first-order valence-corrected chi connectivity index (χ1v) is 10.9. The summed E-state index contributed by atoms with van der Waals surface area (Å²) in [4.78, 5) is 33.8. The van der Waals surface area contributed by atoms with Crippen molar-refractivity contribution >= 4 is 29.3 Å². The molecule has 0 atom stereocenters. The third kappa shape index (κ3) is 4.42. The van der Waals surface area contributed by atoms with Gasteiger partial charge in [-0.1, -0.05) is 48.3 Å². The summed E-state index contributed by atoms with van der Waals surface area (Å²) in [5.74, 6) is 0.298. The summed E-state index contributed by atoms with van der Waals surface area (Å²) in [7, 11) is 0. The average Bonchev–Trinajstić information content (AvgIpc) is 3.26. The molecule has 0 aliphatic heterocycles. The standard InChI is InChI=1S/C22H19ClN2O4S/c23-16-6-4-15(5-7-16)22(8-1-2-9-22)20(27)29-19-13-28-17(12-18(19)26)14-30-21-24-10-3-11-25-21/h3-7,10-13H,1-2,8-9,14H2. The highest BCUT2D eigenvalue weighted by atomic mass is 35.5. The minimum absolute atomic E-state index is 0.107. The number of carbonyl (C=O) groups excluding carboxylic acids is 1. The minimum Gasteiger partial charge on any atom is -0.464 e. The number of carbonyl (C=O) groups is 1. The van der Waals surface area contributed by atoms with Crippen LogP contribution >= 0.6 is 23.4 Å². The molecule has 4 rings (SSSR count). The molecule has 1 aromatic carbocycles. The maximum Gasteiger partial charge on any atom is 0.322 e. The van der Waals surface area contributed by atoms with Crippen molar-refractivity contribution in [1.82, 2.24) is 9.97 Å². The fourth-order valence-corrected chi connectivity index (χ4v) is 4.46. The molecule has 2 aromatic heterocycles. The zero-order valence-corrected chi connectivity index (χ0v) is 17.6. The van der Waals surface area contributed by atoms with E-state index in [1.165, 1.54) is 24.1 Å². The highest BCUT2D eigenvalue weighted by Crippen LogP contribution is 2.42. The Morgan fingerprint density at radius 2 is 1.87 bits per heavy atom. The Labute approximate surface area is 182 Å². The summed E-state index contributed by atoms with van der Waals surface area (Å²) < 4.78 is 11.0. The molecule has 0 amide bonds. The molecule has 8 heteroatoms. The van der Waals surface area contributed by atoms with Gasteiger partial charge in [-0.3, -0.25) is 9.59 Å². The monoisotopic (exact) mass is 442 g/mol. The number of benzene rings is 1. The van der Waals surface area contributed by atoms with Gasteiger partial charge in [0.15, 0.2) is 5.16 Å². The van der Waals surface area contributed by atoms with Crippen LogP contribution in [0.4, 0.5) is 0 Å². The first-order chi connectivity index (χ1) is 14.6. The van der Waals surface area contributed by atoms with E-state index in [4.69, 9.17) is 20.8 Å². The molecule has 1 fully saturated rings. The third-order valence-electron chi connectivity index (χ3n) is 5.19. The molecule has 1 aliphatic rings. The number of hydrogen-bond acceptors (Lipinski definition) is 7. The Hall–Kier alpha value is -2.64. The summed E-state index contributed by atoms with van der Waals surface area (Å²) >= 11 is 7.34. The summed E-state index contributed by atoms with van der Waals surface area (Å²) in [6.45, 7) is 0. The van der Waals surface area contributed by atoms with Crippen LogP contribution in [-0.2, 0) is 16.0 Å². The Bertz CT molecular complexity index is 1080. The van der Waals surface area contributed by atoms with Crippen molar-refractivity contribution in [2.45, 2.75) is 42.0 Å². The maximum atomic E-state index is 13.1. The molecule has 1 saturated carbocycles. The summed E-state index contributed by atoms with van der Waals surface area (Å²) in [5, 5.41) is 1.19. The normalized spacial score (nSPS) is 15.1. The van der Waals surface area contributed by atoms with Gasteiger partial charge in [-0.2, -0.15) is 0 Å². The largest absolute Gasteiger partial charge is 0.464 e. The van der Waals surface area contributed by atoms with Crippen LogP contribution in [-0.4, -0.2) is 15.9 Å². The number of nitrogens with zero attached hydrogens (tertiary/aromatic N) is 2. The van der Waals surface area contributed by atoms with Crippen LogP contribution in [0.15, 0.2) is 69.4 Å². The maximum absolute atomic E-state index is 13.1. The third-order valence-corrected chi connectivity index (χ3v) is 6.34. The second kappa shape index (κ2) is 9.02. The molecule has 0 bridgehead atoms. The number of hydrogen-bond donors (Lipinski definition) is 0. The van der Waals surface area contributed by atoms with E-state index in [2.05, 4.69) is 9.97 Å². The number of aromatic nitrogens is 2. The van der Waals surface area contributed by atoms with Crippen LogP contribution in [0.3, 0.4) is 0 Å². The van der Waals surface area contributed by atoms with Gasteiger partial charge in [-0.05, 0) is 36.6 Å². The topological polar surface area (TPSA) is 82.3 Å². The Balaban J connectivity index is 1.49. The lowest BCUT2D eigenvalue weighted by Gasteiger charge is -2.26. The number of thioether (sulfide) groups is 1. The van der Waals surface area contributed by atoms with Crippen LogP contribution in [0.1, 0.15) is 37.0 Å². The smallest absolute Gasteiger partial charge is 0.322 e. The van der Waals surface area contributed by atoms with Crippen molar-refractivity contribution in [2.75, 3.05) is 0 Å². The first kappa shape index (κ1) is 20.6. The predicted octanol–water partition coefficient (Wildman–Crippen LogP) is 4.79. The van der Waals surface area contributed by atoms with Gasteiger partial charge in [-0.25, -0.2) is 9.97 Å². The summed E-state index contributed by atoms with van der Waals surface area (Å²) in [6, 6.07) is 10.3. The summed E-state index contributed by atoms with van der Waals surface area (Å²) in [6.07, 6.45) is 7.68. The molecule has 0 spiro atoms. The van der Waals surface area contributed by atoms with Gasteiger partial charge in [0, 0.05) is 23.5 Å². The highest BCUT2D eigenvalue weighted by Gasteiger charge is 2.44. The van der Waals surface area contributed by atoms with Gasteiger partial charge >= 0.3 is 5.97 Å². The van der Waals surface area contributed by atoms with Crippen LogP contribution < -0.4 is 10.2 Å². The Kier molecular flexibility index (Phi) is 6.20. The minimum atomic E-state index is -0.768. The van der Waals surface area contributed by atoms with Gasteiger partial charge < -0.3 is 9.15 Å². The van der Waals surface area contributed by atoms with E-state index >= 15 is 0 Å². The quantitative estimate of drug-likeness (QED) is 0.308. The van der Waals surface area contributed by atoms with E-state index in [0.29, 0.717) is 34.5 Å². The van der Waals surface area contributed by atoms with Crippen molar-refractivity contribution in [3.8, 4) is 5.75 Å². The molecule has 3 aromatic rings. The molecule has 154 valence electrons. The van der Waals surface area contributed by atoms with Gasteiger partial charge in [0.2, 0.25) is 11.2 Å². The molecule has 0 radical (unpaired) electrons. The van der Waals surface area contributed by atoms with Gasteiger partial charge in [0.25, 0.3) is 0 Å². The molecule has 0 saturated heterocycles. The van der Waals surface area contributed by atoms with E-state index in [9.17, 15) is 9.59 Å². The van der Waals surface area contributed by atoms with Crippen LogP contribution in [0.2, 0.25) is 5.02 Å². The average molecular weight is 443 g/mol. The van der Waals surface area contributed by atoms with Crippen LogP contribution in [0.5, 0.6) is 5.75 Å². The molecule has 0 unspecified atom stereocenters. The molecule has 30 heavy (non-hydrogen) atoms. The molecular weight excluding hydrogens is 424 g/mol. The second-order valence-electron chi connectivity index (χ2n) is 7.08. The lowest BCUT2D eigenvalue weighted by molar-refractivity contribution is -0.141.